The van der Waals surface area contributed by atoms with Gasteiger partial charge in [0.05, 0.1) is 11.3 Å². The largest absolute Gasteiger partial charge is 0.416 e. The third-order valence-corrected chi connectivity index (χ3v) is 6.66. The van der Waals surface area contributed by atoms with Gasteiger partial charge in [0.25, 0.3) is 0 Å². The van der Waals surface area contributed by atoms with Gasteiger partial charge in [-0.1, -0.05) is 71.6 Å². The van der Waals surface area contributed by atoms with Crippen LogP contribution < -0.4 is 5.32 Å². The van der Waals surface area contributed by atoms with E-state index in [1.807, 2.05) is 30.3 Å². The van der Waals surface area contributed by atoms with E-state index in [1.165, 1.54) is 40.9 Å². The van der Waals surface area contributed by atoms with E-state index in [0.29, 0.717) is 26.5 Å². The third-order valence-electron chi connectivity index (χ3n) is 3.61. The SMILES string of the molecule is O=C(CSCc1ccccc1)Nc1nnc(SCc2cccc(C(F)(F)F)c2)s1. The van der Waals surface area contributed by atoms with Crippen LogP contribution in [0.1, 0.15) is 16.7 Å². The highest BCUT2D eigenvalue weighted by Gasteiger charge is 2.30. The standard InChI is InChI=1S/C19H16F3N3OS3/c20-19(21,22)15-8-4-7-14(9-15)11-28-18-25-24-17(29-18)23-16(26)12-27-10-13-5-2-1-3-6-13/h1-9H,10-12H2,(H,23,24,26). The zero-order chi connectivity index (χ0) is 20.7. The summed E-state index contributed by atoms with van der Waals surface area (Å²) in [5.74, 6) is 1.19. The molecule has 0 spiro atoms. The molecule has 1 aromatic heterocycles. The summed E-state index contributed by atoms with van der Waals surface area (Å²) in [6.45, 7) is 0. The van der Waals surface area contributed by atoms with Crippen molar-refractivity contribution >= 4 is 45.9 Å². The number of hydrogen-bond acceptors (Lipinski definition) is 6. The predicted octanol–water partition coefficient (Wildman–Crippen LogP) is 5.72. The number of halogens is 3. The van der Waals surface area contributed by atoms with Gasteiger partial charge in [-0.15, -0.1) is 22.0 Å². The van der Waals surface area contributed by atoms with Gasteiger partial charge in [-0.3, -0.25) is 10.1 Å². The van der Waals surface area contributed by atoms with E-state index in [1.54, 1.807) is 6.07 Å². The number of nitrogens with one attached hydrogen (secondary N) is 1. The Morgan fingerprint density at radius 2 is 1.76 bits per heavy atom. The Morgan fingerprint density at radius 3 is 2.52 bits per heavy atom. The maximum absolute atomic E-state index is 12.8. The molecule has 10 heteroatoms. The molecule has 0 unspecified atom stereocenters. The Hall–Kier alpha value is -2.04. The first-order valence-electron chi connectivity index (χ1n) is 8.44. The molecule has 29 heavy (non-hydrogen) atoms. The minimum Gasteiger partial charge on any atom is -0.300 e. The number of hydrogen-bond donors (Lipinski definition) is 1. The van der Waals surface area contributed by atoms with Crippen LogP contribution in [0.5, 0.6) is 0 Å². The van der Waals surface area contributed by atoms with Gasteiger partial charge in [-0.05, 0) is 17.2 Å². The van der Waals surface area contributed by atoms with E-state index in [9.17, 15) is 18.0 Å². The Bertz CT molecular complexity index is 948. The second-order valence-corrected chi connectivity index (χ2v) is 9.07. The van der Waals surface area contributed by atoms with Crippen molar-refractivity contribution in [3.05, 3.63) is 71.3 Å². The van der Waals surface area contributed by atoms with Crippen molar-refractivity contribution in [2.24, 2.45) is 0 Å². The molecule has 0 aliphatic carbocycles. The average Bonchev–Trinajstić information content (AvgIpc) is 3.14. The normalized spacial score (nSPS) is 11.4. The lowest BCUT2D eigenvalue weighted by atomic mass is 10.1. The Balaban J connectivity index is 1.45. The molecule has 0 aliphatic heterocycles. The second-order valence-electron chi connectivity index (χ2n) is 5.89. The molecule has 0 fully saturated rings. The fourth-order valence-corrected chi connectivity index (χ4v) is 4.79. The zero-order valence-electron chi connectivity index (χ0n) is 15.0. The highest BCUT2D eigenvalue weighted by molar-refractivity contribution is 8.00. The summed E-state index contributed by atoms with van der Waals surface area (Å²) in [7, 11) is 0. The summed E-state index contributed by atoms with van der Waals surface area (Å²) < 4.78 is 38.9. The maximum atomic E-state index is 12.8. The number of aromatic nitrogens is 2. The number of rotatable bonds is 8. The molecule has 1 amide bonds. The van der Waals surface area contributed by atoms with Gasteiger partial charge in [0, 0.05) is 11.5 Å². The van der Waals surface area contributed by atoms with Gasteiger partial charge < -0.3 is 0 Å². The number of nitrogens with zero attached hydrogens (tertiary/aromatic N) is 2. The number of alkyl halides is 3. The zero-order valence-corrected chi connectivity index (χ0v) is 17.4. The minimum atomic E-state index is -4.36. The molecular formula is C19H16F3N3OS3. The first-order valence-corrected chi connectivity index (χ1v) is 11.4. The highest BCUT2D eigenvalue weighted by Crippen LogP contribution is 2.32. The summed E-state index contributed by atoms with van der Waals surface area (Å²) in [6.07, 6.45) is -4.36. The molecule has 152 valence electrons. The lowest BCUT2D eigenvalue weighted by Gasteiger charge is -2.07. The van der Waals surface area contributed by atoms with E-state index in [0.717, 1.165) is 23.4 Å². The smallest absolute Gasteiger partial charge is 0.300 e. The van der Waals surface area contributed by atoms with Crippen LogP contribution in [0.3, 0.4) is 0 Å². The van der Waals surface area contributed by atoms with Crippen molar-refractivity contribution < 1.29 is 18.0 Å². The van der Waals surface area contributed by atoms with Crippen molar-refractivity contribution in [2.45, 2.75) is 22.0 Å². The van der Waals surface area contributed by atoms with Crippen LogP contribution in [-0.2, 0) is 22.5 Å². The summed E-state index contributed by atoms with van der Waals surface area (Å²) in [6, 6.07) is 15.0. The molecule has 0 saturated carbocycles. The molecule has 3 aromatic rings. The highest BCUT2D eigenvalue weighted by atomic mass is 32.2. The van der Waals surface area contributed by atoms with Crippen LogP contribution in [-0.4, -0.2) is 21.9 Å². The third kappa shape index (κ3) is 7.06. The van der Waals surface area contributed by atoms with Crippen LogP contribution in [0.25, 0.3) is 0 Å². The second kappa shape index (κ2) is 10.1. The fraction of sp³-hybridized carbons (Fsp3) is 0.211. The van der Waals surface area contributed by atoms with Crippen LogP contribution in [0.4, 0.5) is 18.3 Å². The van der Waals surface area contributed by atoms with Crippen LogP contribution in [0, 0.1) is 0 Å². The quantitative estimate of drug-likeness (QED) is 0.348. The number of anilines is 1. The Morgan fingerprint density at radius 1 is 1.00 bits per heavy atom. The molecule has 1 N–H and O–H groups in total. The van der Waals surface area contributed by atoms with Gasteiger partial charge in [0.15, 0.2) is 4.34 Å². The summed E-state index contributed by atoms with van der Waals surface area (Å²) >= 11 is 3.97. The van der Waals surface area contributed by atoms with E-state index in [2.05, 4.69) is 15.5 Å². The van der Waals surface area contributed by atoms with Crippen LogP contribution in [0.15, 0.2) is 58.9 Å². The summed E-state index contributed by atoms with van der Waals surface area (Å²) in [5, 5.41) is 11.0. The molecule has 0 saturated heterocycles. The van der Waals surface area contributed by atoms with Gasteiger partial charge in [0.2, 0.25) is 11.0 Å². The first kappa shape index (κ1) is 21.7. The lowest BCUT2D eigenvalue weighted by molar-refractivity contribution is -0.137. The van der Waals surface area contributed by atoms with Crippen molar-refractivity contribution in [1.82, 2.24) is 10.2 Å². The molecular weight excluding hydrogens is 439 g/mol. The Labute approximate surface area is 178 Å². The molecule has 1 heterocycles. The van der Waals surface area contributed by atoms with Crippen LogP contribution in [0.2, 0.25) is 0 Å². The van der Waals surface area contributed by atoms with E-state index in [4.69, 9.17) is 0 Å². The first-order chi connectivity index (χ1) is 13.9. The number of carbonyl (C=O) groups excluding carboxylic acids is 1. The lowest BCUT2D eigenvalue weighted by Crippen LogP contribution is -2.13. The number of carbonyl (C=O) groups is 1. The topological polar surface area (TPSA) is 54.9 Å². The number of benzene rings is 2. The minimum absolute atomic E-state index is 0.170. The summed E-state index contributed by atoms with van der Waals surface area (Å²) in [4.78, 5) is 12.0. The summed E-state index contributed by atoms with van der Waals surface area (Å²) in [5.41, 5.74) is 1.02. The molecule has 4 nitrogen and oxygen atoms in total. The van der Waals surface area contributed by atoms with Gasteiger partial charge in [-0.25, -0.2) is 0 Å². The van der Waals surface area contributed by atoms with E-state index >= 15 is 0 Å². The maximum Gasteiger partial charge on any atom is 0.416 e. The molecule has 2 aromatic carbocycles. The number of amides is 1. The fourth-order valence-electron chi connectivity index (χ4n) is 2.29. The van der Waals surface area contributed by atoms with Gasteiger partial charge in [-0.2, -0.15) is 13.2 Å². The average molecular weight is 456 g/mol. The van der Waals surface area contributed by atoms with Gasteiger partial charge >= 0.3 is 6.18 Å². The Kier molecular flexibility index (Phi) is 7.57. The molecule has 0 radical (unpaired) electrons. The number of thioether (sulfide) groups is 2. The van der Waals surface area contributed by atoms with Crippen molar-refractivity contribution in [2.75, 3.05) is 11.1 Å². The predicted molar refractivity (Wildman–Crippen MR) is 112 cm³/mol. The monoisotopic (exact) mass is 455 g/mol. The molecule has 0 bridgehead atoms. The molecule has 3 rings (SSSR count). The van der Waals surface area contributed by atoms with Crippen molar-refractivity contribution in [3.63, 3.8) is 0 Å². The van der Waals surface area contributed by atoms with Crippen LogP contribution >= 0.6 is 34.9 Å². The van der Waals surface area contributed by atoms with Crippen molar-refractivity contribution in [1.29, 1.82) is 0 Å². The van der Waals surface area contributed by atoms with E-state index in [-0.39, 0.29) is 5.91 Å². The van der Waals surface area contributed by atoms with Crippen molar-refractivity contribution in [3.8, 4) is 0 Å². The molecule has 0 aliphatic rings. The molecule has 0 atom stereocenters. The van der Waals surface area contributed by atoms with Gasteiger partial charge in [0.1, 0.15) is 0 Å². The van der Waals surface area contributed by atoms with E-state index < -0.39 is 11.7 Å².